The summed E-state index contributed by atoms with van der Waals surface area (Å²) in [7, 11) is 1.34. The van der Waals surface area contributed by atoms with E-state index in [1.54, 1.807) is 0 Å². The van der Waals surface area contributed by atoms with Crippen molar-refractivity contribution < 1.29 is 9.66 Å². The van der Waals surface area contributed by atoms with Gasteiger partial charge in [0.1, 0.15) is 12.0 Å². The molecular weight excluding hydrogens is 162 g/mol. The van der Waals surface area contributed by atoms with Crippen LogP contribution in [-0.2, 0) is 0 Å². The zero-order chi connectivity index (χ0) is 9.14. The van der Waals surface area contributed by atoms with Gasteiger partial charge in [0.25, 0.3) is 0 Å². The largest absolute Gasteiger partial charge is 0.490 e. The number of aromatic nitrogens is 1. The highest BCUT2D eigenvalue weighted by Crippen LogP contribution is 2.26. The molecule has 0 atom stereocenters. The second kappa shape index (κ2) is 3.04. The minimum Gasteiger partial charge on any atom is -0.490 e. The first-order chi connectivity index (χ1) is 5.65. The van der Waals surface area contributed by atoms with Crippen molar-refractivity contribution in [3.05, 3.63) is 22.4 Å². The third kappa shape index (κ3) is 1.42. The molecule has 0 aliphatic rings. The Morgan fingerprint density at radius 3 is 2.92 bits per heavy atom. The highest BCUT2D eigenvalue weighted by atomic mass is 16.6. The zero-order valence-corrected chi connectivity index (χ0v) is 6.35. The molecule has 0 fully saturated rings. The Kier molecular flexibility index (Phi) is 2.09. The van der Waals surface area contributed by atoms with Crippen molar-refractivity contribution in [2.24, 2.45) is 0 Å². The minimum atomic E-state index is -0.578. The Balaban J connectivity index is 3.20. The van der Waals surface area contributed by atoms with Crippen molar-refractivity contribution in [2.45, 2.75) is 0 Å². The Morgan fingerprint density at radius 2 is 2.42 bits per heavy atom. The lowest BCUT2D eigenvalue weighted by atomic mass is 10.4. The van der Waals surface area contributed by atoms with Crippen molar-refractivity contribution in [1.29, 1.82) is 0 Å². The molecule has 0 aliphatic carbocycles. The van der Waals surface area contributed by atoms with Crippen molar-refractivity contribution in [3.63, 3.8) is 0 Å². The highest BCUT2D eigenvalue weighted by molar-refractivity contribution is 5.50. The van der Waals surface area contributed by atoms with E-state index in [2.05, 4.69) is 4.98 Å². The van der Waals surface area contributed by atoms with Gasteiger partial charge in [-0.2, -0.15) is 0 Å². The summed E-state index contributed by atoms with van der Waals surface area (Å²) in [4.78, 5) is 13.3. The van der Waals surface area contributed by atoms with Crippen molar-refractivity contribution in [1.82, 2.24) is 4.98 Å². The Hall–Kier alpha value is -1.85. The molecule has 0 unspecified atom stereocenters. The minimum absolute atomic E-state index is 0.118. The van der Waals surface area contributed by atoms with Gasteiger partial charge in [-0.1, -0.05) is 0 Å². The van der Waals surface area contributed by atoms with E-state index in [9.17, 15) is 10.1 Å². The van der Waals surface area contributed by atoms with Crippen LogP contribution in [0, 0.1) is 10.1 Å². The molecule has 1 rings (SSSR count). The van der Waals surface area contributed by atoms with E-state index < -0.39 is 4.92 Å². The maximum Gasteiger partial charge on any atom is 0.329 e. The summed E-state index contributed by atoms with van der Waals surface area (Å²) in [6.45, 7) is 0. The molecule has 6 nitrogen and oxygen atoms in total. The van der Waals surface area contributed by atoms with Crippen LogP contribution in [0.15, 0.2) is 12.3 Å². The van der Waals surface area contributed by atoms with Gasteiger partial charge in [-0.3, -0.25) is 10.1 Å². The molecule has 0 spiro atoms. The van der Waals surface area contributed by atoms with Crippen LogP contribution in [0.4, 0.5) is 11.5 Å². The number of nitro groups is 1. The molecule has 1 aromatic heterocycles. The van der Waals surface area contributed by atoms with Crippen LogP contribution in [-0.4, -0.2) is 17.0 Å². The SMILES string of the molecule is COc1cc(N)ncc1[N+](=O)[O-]. The van der Waals surface area contributed by atoms with E-state index in [0.717, 1.165) is 6.20 Å². The smallest absolute Gasteiger partial charge is 0.329 e. The second-order valence-corrected chi connectivity index (χ2v) is 2.04. The summed E-state index contributed by atoms with van der Waals surface area (Å²) >= 11 is 0. The lowest BCUT2D eigenvalue weighted by Gasteiger charge is -2.00. The second-order valence-electron chi connectivity index (χ2n) is 2.04. The van der Waals surface area contributed by atoms with Crippen LogP contribution >= 0.6 is 0 Å². The first kappa shape index (κ1) is 8.25. The zero-order valence-electron chi connectivity index (χ0n) is 6.35. The Labute approximate surface area is 68.1 Å². The quantitative estimate of drug-likeness (QED) is 0.516. The van der Waals surface area contributed by atoms with Crippen LogP contribution in [0.25, 0.3) is 0 Å². The molecule has 6 heteroatoms. The number of rotatable bonds is 2. The van der Waals surface area contributed by atoms with Gasteiger partial charge in [-0.25, -0.2) is 4.98 Å². The molecule has 0 radical (unpaired) electrons. The number of anilines is 1. The van der Waals surface area contributed by atoms with Gasteiger partial charge >= 0.3 is 5.69 Å². The van der Waals surface area contributed by atoms with Gasteiger partial charge in [0.2, 0.25) is 5.75 Å². The fourth-order valence-electron chi connectivity index (χ4n) is 0.745. The van der Waals surface area contributed by atoms with E-state index >= 15 is 0 Å². The molecule has 0 bridgehead atoms. The molecular formula is C6H7N3O3. The van der Waals surface area contributed by atoms with Gasteiger partial charge in [0.05, 0.1) is 12.0 Å². The van der Waals surface area contributed by atoms with Crippen LogP contribution < -0.4 is 10.5 Å². The number of hydrogen-bond donors (Lipinski definition) is 1. The van der Waals surface area contributed by atoms with Gasteiger partial charge < -0.3 is 10.5 Å². The van der Waals surface area contributed by atoms with Gasteiger partial charge in [0, 0.05) is 6.07 Å². The van der Waals surface area contributed by atoms with E-state index in [1.807, 2.05) is 0 Å². The summed E-state index contributed by atoms with van der Waals surface area (Å²) in [6.07, 6.45) is 1.06. The maximum atomic E-state index is 10.3. The molecule has 12 heavy (non-hydrogen) atoms. The van der Waals surface area contributed by atoms with Crippen molar-refractivity contribution >= 4 is 11.5 Å². The molecule has 0 saturated heterocycles. The lowest BCUT2D eigenvalue weighted by Crippen LogP contribution is -1.97. The van der Waals surface area contributed by atoms with E-state index in [4.69, 9.17) is 10.5 Å². The highest BCUT2D eigenvalue weighted by Gasteiger charge is 2.14. The monoisotopic (exact) mass is 169 g/mol. The first-order valence-electron chi connectivity index (χ1n) is 3.09. The molecule has 0 amide bonds. The Morgan fingerprint density at radius 1 is 1.75 bits per heavy atom. The fourth-order valence-corrected chi connectivity index (χ4v) is 0.745. The number of nitrogens with zero attached hydrogens (tertiary/aromatic N) is 2. The van der Waals surface area contributed by atoms with Crippen molar-refractivity contribution in [2.75, 3.05) is 12.8 Å². The van der Waals surface area contributed by atoms with Crippen LogP contribution in [0.1, 0.15) is 0 Å². The summed E-state index contributed by atoms with van der Waals surface area (Å²) in [6, 6.07) is 1.30. The van der Waals surface area contributed by atoms with Gasteiger partial charge in [-0.15, -0.1) is 0 Å². The molecule has 1 aromatic rings. The summed E-state index contributed by atoms with van der Waals surface area (Å²) < 4.78 is 4.73. The summed E-state index contributed by atoms with van der Waals surface area (Å²) in [5, 5.41) is 10.3. The molecule has 2 N–H and O–H groups in total. The average molecular weight is 169 g/mol. The molecule has 0 saturated carbocycles. The van der Waals surface area contributed by atoms with E-state index in [1.165, 1.54) is 13.2 Å². The average Bonchev–Trinajstić information content (AvgIpc) is 2.03. The number of pyridine rings is 1. The third-order valence-corrected chi connectivity index (χ3v) is 1.28. The molecule has 64 valence electrons. The summed E-state index contributed by atoms with van der Waals surface area (Å²) in [5.41, 5.74) is 5.10. The van der Waals surface area contributed by atoms with Gasteiger partial charge in [0.15, 0.2) is 0 Å². The van der Waals surface area contributed by atoms with Crippen LogP contribution in [0.5, 0.6) is 5.75 Å². The predicted molar refractivity (Wildman–Crippen MR) is 41.9 cm³/mol. The van der Waals surface area contributed by atoms with Crippen molar-refractivity contribution in [3.8, 4) is 5.75 Å². The predicted octanol–water partition coefficient (Wildman–Crippen LogP) is 0.581. The fraction of sp³-hybridized carbons (Fsp3) is 0.167. The standard InChI is InChI=1S/C6H7N3O3/c1-12-5-2-6(7)8-3-4(5)9(10)11/h2-3H,1H3,(H2,7,8). The number of hydrogen-bond acceptors (Lipinski definition) is 5. The van der Waals surface area contributed by atoms with Gasteiger partial charge in [-0.05, 0) is 0 Å². The topological polar surface area (TPSA) is 91.3 Å². The maximum absolute atomic E-state index is 10.3. The molecule has 0 aromatic carbocycles. The molecule has 1 heterocycles. The number of ether oxygens (including phenoxy) is 1. The Bertz CT molecular complexity index is 313. The van der Waals surface area contributed by atoms with E-state index in [-0.39, 0.29) is 17.3 Å². The number of nitrogens with two attached hydrogens (primary N) is 1. The lowest BCUT2D eigenvalue weighted by molar-refractivity contribution is -0.386. The van der Waals surface area contributed by atoms with Crippen LogP contribution in [0.2, 0.25) is 0 Å². The van der Waals surface area contributed by atoms with E-state index in [0.29, 0.717) is 0 Å². The number of methoxy groups -OCH3 is 1. The number of nitrogen functional groups attached to an aromatic ring is 1. The van der Waals surface area contributed by atoms with Crippen LogP contribution in [0.3, 0.4) is 0 Å². The molecule has 0 aliphatic heterocycles. The summed E-state index contributed by atoms with van der Waals surface area (Å²) in [5.74, 6) is 0.310. The normalized spacial score (nSPS) is 9.42. The first-order valence-corrected chi connectivity index (χ1v) is 3.09. The third-order valence-electron chi connectivity index (χ3n) is 1.28.